The quantitative estimate of drug-likeness (QED) is 0.908. The van der Waals surface area contributed by atoms with Gasteiger partial charge in [0.15, 0.2) is 0 Å². The zero-order chi connectivity index (χ0) is 10.8. The Balaban J connectivity index is 1.94. The Hall–Kier alpha value is -0.540. The lowest BCUT2D eigenvalue weighted by Crippen LogP contribution is -2.16. The molecule has 0 aromatic heterocycles. The number of ether oxygens (including phenoxy) is 1. The van der Waals surface area contributed by atoms with Crippen molar-refractivity contribution < 1.29 is 4.74 Å². The smallest absolute Gasteiger partial charge is 0.133 e. The van der Waals surface area contributed by atoms with Crippen molar-refractivity contribution in [2.45, 2.75) is 25.9 Å². The maximum atomic E-state index is 5.19. The second-order valence-corrected chi connectivity index (χ2v) is 5.02. The van der Waals surface area contributed by atoms with Crippen molar-refractivity contribution in [1.82, 2.24) is 5.32 Å². The molecule has 0 spiro atoms. The lowest BCUT2D eigenvalue weighted by molar-refractivity contribution is 0.412. The molecule has 2 nitrogen and oxygen atoms in total. The van der Waals surface area contributed by atoms with E-state index < -0.39 is 0 Å². The summed E-state index contributed by atoms with van der Waals surface area (Å²) in [5, 5.41) is 3.53. The van der Waals surface area contributed by atoms with Crippen LogP contribution in [0.15, 0.2) is 22.7 Å². The van der Waals surface area contributed by atoms with E-state index in [1.165, 1.54) is 12.0 Å². The monoisotopic (exact) mass is 269 g/mol. The van der Waals surface area contributed by atoms with Gasteiger partial charge >= 0.3 is 0 Å². The summed E-state index contributed by atoms with van der Waals surface area (Å²) >= 11 is 3.49. The molecule has 2 unspecified atom stereocenters. The minimum Gasteiger partial charge on any atom is -0.496 e. The molecule has 2 atom stereocenters. The first-order valence-electron chi connectivity index (χ1n) is 5.26. The third-order valence-corrected chi connectivity index (χ3v) is 3.51. The molecule has 1 saturated carbocycles. The number of hydrogen-bond donors (Lipinski definition) is 1. The van der Waals surface area contributed by atoms with Crippen LogP contribution < -0.4 is 10.1 Å². The van der Waals surface area contributed by atoms with Gasteiger partial charge in [0, 0.05) is 12.6 Å². The Labute approximate surface area is 99.1 Å². The molecule has 1 aliphatic rings. The van der Waals surface area contributed by atoms with E-state index in [1.54, 1.807) is 7.11 Å². The third-order valence-electron chi connectivity index (χ3n) is 2.89. The Morgan fingerprint density at radius 2 is 2.27 bits per heavy atom. The van der Waals surface area contributed by atoms with E-state index in [0.29, 0.717) is 0 Å². The van der Waals surface area contributed by atoms with Crippen molar-refractivity contribution >= 4 is 15.9 Å². The summed E-state index contributed by atoms with van der Waals surface area (Å²) in [6.07, 6.45) is 1.32. The molecule has 0 amide bonds. The van der Waals surface area contributed by atoms with Crippen LogP contribution in [0.3, 0.4) is 0 Å². The highest BCUT2D eigenvalue weighted by molar-refractivity contribution is 9.10. The molecule has 82 valence electrons. The van der Waals surface area contributed by atoms with Crippen molar-refractivity contribution in [1.29, 1.82) is 0 Å². The average molecular weight is 270 g/mol. The van der Waals surface area contributed by atoms with Gasteiger partial charge in [-0.05, 0) is 46.0 Å². The Kier molecular flexibility index (Phi) is 3.32. The molecule has 0 radical (unpaired) electrons. The van der Waals surface area contributed by atoms with Gasteiger partial charge in [0.05, 0.1) is 11.6 Å². The topological polar surface area (TPSA) is 21.3 Å². The summed E-state index contributed by atoms with van der Waals surface area (Å²) < 4.78 is 6.21. The van der Waals surface area contributed by atoms with Crippen LogP contribution in [0.4, 0.5) is 0 Å². The highest BCUT2D eigenvalue weighted by atomic mass is 79.9. The number of hydrogen-bond acceptors (Lipinski definition) is 2. The molecular formula is C12H16BrNO. The van der Waals surface area contributed by atoms with Crippen molar-refractivity contribution in [2.75, 3.05) is 7.11 Å². The van der Waals surface area contributed by atoms with E-state index in [4.69, 9.17) is 4.74 Å². The summed E-state index contributed by atoms with van der Waals surface area (Å²) in [6, 6.07) is 6.94. The molecule has 3 heteroatoms. The standard InChI is InChI=1S/C12H16BrNO/c1-8-5-11(8)14-7-9-3-4-12(15-2)10(13)6-9/h3-4,6,8,11,14H,5,7H2,1-2H3. The molecule has 1 aromatic carbocycles. The molecule has 0 saturated heterocycles. The van der Waals surface area contributed by atoms with Crippen LogP contribution >= 0.6 is 15.9 Å². The van der Waals surface area contributed by atoms with Crippen LogP contribution in [0.5, 0.6) is 5.75 Å². The zero-order valence-electron chi connectivity index (χ0n) is 9.09. The molecule has 1 fully saturated rings. The summed E-state index contributed by atoms with van der Waals surface area (Å²) in [7, 11) is 1.68. The van der Waals surface area contributed by atoms with E-state index in [1.807, 2.05) is 6.07 Å². The first kappa shape index (κ1) is 11.0. The molecule has 2 rings (SSSR count). The molecule has 1 aromatic rings. The highest BCUT2D eigenvalue weighted by Gasteiger charge is 2.31. The van der Waals surface area contributed by atoms with Gasteiger partial charge in [-0.2, -0.15) is 0 Å². The van der Waals surface area contributed by atoms with E-state index in [-0.39, 0.29) is 0 Å². The molecule has 1 aliphatic carbocycles. The van der Waals surface area contributed by atoms with Gasteiger partial charge in [-0.1, -0.05) is 13.0 Å². The van der Waals surface area contributed by atoms with E-state index in [2.05, 4.69) is 40.3 Å². The van der Waals surface area contributed by atoms with Gasteiger partial charge in [-0.25, -0.2) is 0 Å². The summed E-state index contributed by atoms with van der Waals surface area (Å²) in [4.78, 5) is 0. The van der Waals surface area contributed by atoms with Gasteiger partial charge in [0.2, 0.25) is 0 Å². The Bertz CT molecular complexity index is 353. The van der Waals surface area contributed by atoms with Gasteiger partial charge in [0.25, 0.3) is 0 Å². The van der Waals surface area contributed by atoms with Crippen LogP contribution in [0.25, 0.3) is 0 Å². The number of nitrogens with one attached hydrogen (secondary N) is 1. The average Bonchev–Trinajstić information content (AvgIpc) is 2.92. The van der Waals surface area contributed by atoms with Crippen molar-refractivity contribution in [2.24, 2.45) is 5.92 Å². The van der Waals surface area contributed by atoms with Gasteiger partial charge in [-0.3, -0.25) is 0 Å². The molecule has 0 heterocycles. The van der Waals surface area contributed by atoms with Crippen LogP contribution in [-0.4, -0.2) is 13.2 Å². The first-order valence-corrected chi connectivity index (χ1v) is 6.06. The first-order chi connectivity index (χ1) is 7.20. The maximum absolute atomic E-state index is 5.19. The molecule has 0 aliphatic heterocycles. The minimum atomic E-state index is 0.728. The molecular weight excluding hydrogens is 254 g/mol. The summed E-state index contributed by atoms with van der Waals surface area (Å²) in [5.41, 5.74) is 1.29. The maximum Gasteiger partial charge on any atom is 0.133 e. The van der Waals surface area contributed by atoms with Gasteiger partial charge < -0.3 is 10.1 Å². The van der Waals surface area contributed by atoms with E-state index >= 15 is 0 Å². The second kappa shape index (κ2) is 4.54. The largest absolute Gasteiger partial charge is 0.496 e. The predicted molar refractivity (Wildman–Crippen MR) is 65.1 cm³/mol. The number of methoxy groups -OCH3 is 1. The van der Waals surface area contributed by atoms with Crippen molar-refractivity contribution in [3.05, 3.63) is 28.2 Å². The molecule has 15 heavy (non-hydrogen) atoms. The zero-order valence-corrected chi connectivity index (χ0v) is 10.7. The van der Waals surface area contributed by atoms with Gasteiger partial charge in [-0.15, -0.1) is 0 Å². The lowest BCUT2D eigenvalue weighted by atomic mass is 10.2. The molecule has 1 N–H and O–H groups in total. The fourth-order valence-corrected chi connectivity index (χ4v) is 2.26. The van der Waals surface area contributed by atoms with Crippen molar-refractivity contribution in [3.8, 4) is 5.75 Å². The number of benzene rings is 1. The van der Waals surface area contributed by atoms with Crippen LogP contribution in [0, 0.1) is 5.92 Å². The fraction of sp³-hybridized carbons (Fsp3) is 0.500. The van der Waals surface area contributed by atoms with Crippen LogP contribution in [-0.2, 0) is 6.54 Å². The minimum absolute atomic E-state index is 0.728. The lowest BCUT2D eigenvalue weighted by Gasteiger charge is -2.07. The Morgan fingerprint density at radius 1 is 1.53 bits per heavy atom. The predicted octanol–water partition coefficient (Wildman–Crippen LogP) is 2.96. The second-order valence-electron chi connectivity index (χ2n) is 4.17. The van der Waals surface area contributed by atoms with Crippen molar-refractivity contribution in [3.63, 3.8) is 0 Å². The van der Waals surface area contributed by atoms with Crippen LogP contribution in [0.2, 0.25) is 0 Å². The normalized spacial score (nSPS) is 23.9. The summed E-state index contributed by atoms with van der Waals surface area (Å²) in [5.74, 6) is 1.74. The SMILES string of the molecule is COc1ccc(CNC2CC2C)cc1Br. The van der Waals surface area contributed by atoms with E-state index in [9.17, 15) is 0 Å². The number of halogens is 1. The number of rotatable bonds is 4. The Morgan fingerprint density at radius 3 is 2.80 bits per heavy atom. The fourth-order valence-electron chi connectivity index (χ4n) is 1.68. The third kappa shape index (κ3) is 2.73. The molecule has 0 bridgehead atoms. The van der Waals surface area contributed by atoms with E-state index in [0.717, 1.165) is 28.7 Å². The van der Waals surface area contributed by atoms with Gasteiger partial charge in [0.1, 0.15) is 5.75 Å². The summed E-state index contributed by atoms with van der Waals surface area (Å²) in [6.45, 7) is 3.22. The van der Waals surface area contributed by atoms with Crippen LogP contribution in [0.1, 0.15) is 18.9 Å². The highest BCUT2D eigenvalue weighted by Crippen LogP contribution is 2.30.